The van der Waals surface area contributed by atoms with Crippen LogP contribution in [0.1, 0.15) is 18.7 Å². The van der Waals surface area contributed by atoms with E-state index in [0.717, 1.165) is 41.5 Å². The minimum Gasteiger partial charge on any atom is -0.421 e. The maximum atomic E-state index is 14.4. The molecular formula is C22H23FN8O. The summed E-state index contributed by atoms with van der Waals surface area (Å²) in [6.07, 6.45) is 5.13. The summed E-state index contributed by atoms with van der Waals surface area (Å²) < 4.78 is 20.3. The summed E-state index contributed by atoms with van der Waals surface area (Å²) in [5.41, 5.74) is 8.30. The summed E-state index contributed by atoms with van der Waals surface area (Å²) in [5.74, 6) is 1.93. The average molecular weight is 434 g/mol. The van der Waals surface area contributed by atoms with E-state index in [0.29, 0.717) is 34.9 Å². The number of rotatable bonds is 4. The molecule has 9 nitrogen and oxygen atoms in total. The van der Waals surface area contributed by atoms with Crippen LogP contribution in [0.5, 0.6) is 11.8 Å². The number of piperidine rings is 1. The highest BCUT2D eigenvalue weighted by atomic mass is 19.1. The number of aromatic nitrogens is 5. The van der Waals surface area contributed by atoms with Crippen LogP contribution < -0.4 is 20.7 Å². The van der Waals surface area contributed by atoms with Crippen LogP contribution in [0.25, 0.3) is 21.9 Å². The second-order valence-corrected chi connectivity index (χ2v) is 8.57. The van der Waals surface area contributed by atoms with Crippen LogP contribution in [0.3, 0.4) is 0 Å². The number of aryl methyl sites for hydroxylation is 1. The molecule has 164 valence electrons. The average Bonchev–Trinajstić information content (AvgIpc) is 3.46. The standard InChI is InChI=1S/C22H23FN8O/c1-10-26-7-14(8-27-10)32-22-29-20-18(15-4-12(23)5-17(25-2)19(15)28-20)21(30-22)31-9-11-3-13(31)6-16(11)24/h4-5,7-8,11,13,16,25H,3,6,9,24H2,1-2H3,(H,28,29,30)/t11-,13?,16-/m1/s1. The Kier molecular flexibility index (Phi) is 4.19. The van der Waals surface area contributed by atoms with E-state index in [-0.39, 0.29) is 17.9 Å². The fraction of sp³-hybridized carbons (Fsp3) is 0.364. The van der Waals surface area contributed by atoms with Gasteiger partial charge in [0.25, 0.3) is 0 Å². The number of anilines is 2. The highest BCUT2D eigenvalue weighted by Gasteiger charge is 2.44. The van der Waals surface area contributed by atoms with Crippen molar-refractivity contribution < 1.29 is 9.13 Å². The third-order valence-corrected chi connectivity index (χ3v) is 6.59. The van der Waals surface area contributed by atoms with Crippen molar-refractivity contribution in [2.75, 3.05) is 23.8 Å². The van der Waals surface area contributed by atoms with Crippen LogP contribution in [0.15, 0.2) is 24.5 Å². The normalized spacial score (nSPS) is 22.2. The van der Waals surface area contributed by atoms with Crippen molar-refractivity contribution in [3.05, 3.63) is 36.2 Å². The van der Waals surface area contributed by atoms with Gasteiger partial charge in [-0.05, 0) is 37.8 Å². The van der Waals surface area contributed by atoms with E-state index in [1.54, 1.807) is 26.4 Å². The number of aromatic amines is 1. The van der Waals surface area contributed by atoms with Crippen LogP contribution in [0, 0.1) is 18.7 Å². The van der Waals surface area contributed by atoms with Crippen molar-refractivity contribution in [1.82, 2.24) is 24.9 Å². The SMILES string of the molecule is CNc1cc(F)cc2c1[nH]c1nc(Oc3cnc(C)nc3)nc(N3C[C@H]4CC3C[C@H]4N)c12. The summed E-state index contributed by atoms with van der Waals surface area (Å²) in [6, 6.07) is 3.68. The Labute approximate surface area is 183 Å². The van der Waals surface area contributed by atoms with Gasteiger partial charge in [-0.25, -0.2) is 14.4 Å². The molecule has 0 spiro atoms. The monoisotopic (exact) mass is 434 g/mol. The fourth-order valence-electron chi connectivity index (χ4n) is 5.07. The number of fused-ring (bicyclic) bond motifs is 5. The van der Waals surface area contributed by atoms with Crippen molar-refractivity contribution in [2.24, 2.45) is 11.7 Å². The van der Waals surface area contributed by atoms with Crippen LogP contribution in [-0.2, 0) is 0 Å². The fourth-order valence-corrected chi connectivity index (χ4v) is 5.07. The van der Waals surface area contributed by atoms with Gasteiger partial charge in [-0.3, -0.25) is 0 Å². The van der Waals surface area contributed by atoms with Gasteiger partial charge in [0.15, 0.2) is 5.75 Å². The first-order chi connectivity index (χ1) is 15.5. The van der Waals surface area contributed by atoms with Gasteiger partial charge in [-0.1, -0.05) is 0 Å². The molecule has 0 radical (unpaired) electrons. The molecule has 2 aliphatic rings. The molecule has 1 unspecified atom stereocenters. The first-order valence-corrected chi connectivity index (χ1v) is 10.7. The molecule has 1 aliphatic carbocycles. The molecule has 2 bridgehead atoms. The maximum absolute atomic E-state index is 14.4. The summed E-state index contributed by atoms with van der Waals surface area (Å²) in [4.78, 5) is 23.3. The number of halogens is 1. The number of nitrogens with zero attached hydrogens (tertiary/aromatic N) is 5. The predicted molar refractivity (Wildman–Crippen MR) is 120 cm³/mol. The second kappa shape index (κ2) is 6.99. The molecule has 3 atom stereocenters. The zero-order chi connectivity index (χ0) is 22.0. The smallest absolute Gasteiger partial charge is 0.326 e. The lowest BCUT2D eigenvalue weighted by atomic mass is 10.0. The largest absolute Gasteiger partial charge is 0.421 e. The lowest BCUT2D eigenvalue weighted by Crippen LogP contribution is -2.41. The number of hydrogen-bond donors (Lipinski definition) is 3. The Morgan fingerprint density at radius 2 is 2.03 bits per heavy atom. The first-order valence-electron chi connectivity index (χ1n) is 10.7. The van der Waals surface area contributed by atoms with E-state index in [1.165, 1.54) is 12.1 Å². The molecular weight excluding hydrogens is 411 g/mol. The van der Waals surface area contributed by atoms with E-state index in [1.807, 2.05) is 0 Å². The highest BCUT2D eigenvalue weighted by molar-refractivity contribution is 6.14. The van der Waals surface area contributed by atoms with E-state index in [9.17, 15) is 4.39 Å². The third-order valence-electron chi connectivity index (χ3n) is 6.59. The Morgan fingerprint density at radius 1 is 1.22 bits per heavy atom. The number of benzene rings is 1. The second-order valence-electron chi connectivity index (χ2n) is 8.57. The van der Waals surface area contributed by atoms with Crippen LogP contribution in [-0.4, -0.2) is 50.6 Å². The van der Waals surface area contributed by atoms with Gasteiger partial charge in [0.05, 0.1) is 29.0 Å². The molecule has 1 aromatic carbocycles. The van der Waals surface area contributed by atoms with Crippen molar-refractivity contribution in [3.63, 3.8) is 0 Å². The molecule has 1 saturated heterocycles. The topological polar surface area (TPSA) is 118 Å². The lowest BCUT2D eigenvalue weighted by Gasteiger charge is -2.31. The molecule has 2 fully saturated rings. The van der Waals surface area contributed by atoms with Crippen LogP contribution in [0.2, 0.25) is 0 Å². The summed E-state index contributed by atoms with van der Waals surface area (Å²) in [6.45, 7) is 2.62. The first kappa shape index (κ1) is 19.2. The highest BCUT2D eigenvalue weighted by Crippen LogP contribution is 2.44. The molecule has 4 N–H and O–H groups in total. The molecule has 4 heterocycles. The van der Waals surface area contributed by atoms with Gasteiger partial charge in [-0.2, -0.15) is 9.97 Å². The van der Waals surface area contributed by atoms with Gasteiger partial charge in [0, 0.05) is 31.1 Å². The number of hydrogen-bond acceptors (Lipinski definition) is 8. The van der Waals surface area contributed by atoms with Gasteiger partial charge in [0.2, 0.25) is 0 Å². The van der Waals surface area contributed by atoms with Crippen molar-refractivity contribution in [2.45, 2.75) is 31.8 Å². The Hall–Kier alpha value is -3.53. The van der Waals surface area contributed by atoms with Gasteiger partial charge in [-0.15, -0.1) is 0 Å². The van der Waals surface area contributed by atoms with E-state index >= 15 is 0 Å². The number of nitrogens with two attached hydrogens (primary N) is 1. The molecule has 10 heteroatoms. The zero-order valence-electron chi connectivity index (χ0n) is 17.8. The predicted octanol–water partition coefficient (Wildman–Crippen LogP) is 3.11. The minimum absolute atomic E-state index is 0.185. The quantitative estimate of drug-likeness (QED) is 0.448. The number of nitrogens with one attached hydrogen (secondary N) is 2. The molecule has 0 amide bonds. The van der Waals surface area contributed by atoms with E-state index in [2.05, 4.69) is 30.2 Å². The third kappa shape index (κ3) is 2.94. The van der Waals surface area contributed by atoms with E-state index < -0.39 is 0 Å². The van der Waals surface area contributed by atoms with Gasteiger partial charge in [0.1, 0.15) is 23.1 Å². The molecule has 1 saturated carbocycles. The van der Waals surface area contributed by atoms with Crippen LogP contribution in [0.4, 0.5) is 15.9 Å². The lowest BCUT2D eigenvalue weighted by molar-refractivity contribution is 0.435. The number of ether oxygens (including phenoxy) is 1. The number of H-pyrrole nitrogens is 1. The van der Waals surface area contributed by atoms with Gasteiger partial charge >= 0.3 is 6.01 Å². The Balaban J connectivity index is 1.55. The molecule has 3 aromatic heterocycles. The minimum atomic E-state index is -0.323. The maximum Gasteiger partial charge on any atom is 0.326 e. The van der Waals surface area contributed by atoms with Crippen LogP contribution >= 0.6 is 0 Å². The van der Waals surface area contributed by atoms with Gasteiger partial charge < -0.3 is 25.7 Å². The molecule has 6 rings (SSSR count). The summed E-state index contributed by atoms with van der Waals surface area (Å²) >= 11 is 0. The Morgan fingerprint density at radius 3 is 2.72 bits per heavy atom. The van der Waals surface area contributed by atoms with Crippen molar-refractivity contribution in [1.29, 1.82) is 0 Å². The summed E-state index contributed by atoms with van der Waals surface area (Å²) in [5, 5.41) is 4.57. The van der Waals surface area contributed by atoms with Crippen molar-refractivity contribution >= 4 is 33.4 Å². The zero-order valence-corrected chi connectivity index (χ0v) is 17.8. The molecule has 1 aliphatic heterocycles. The van der Waals surface area contributed by atoms with Crippen molar-refractivity contribution in [3.8, 4) is 11.8 Å². The molecule has 4 aromatic rings. The molecule has 32 heavy (non-hydrogen) atoms. The summed E-state index contributed by atoms with van der Waals surface area (Å²) in [7, 11) is 1.76. The Bertz CT molecular complexity index is 1340. The van der Waals surface area contributed by atoms with E-state index in [4.69, 9.17) is 15.5 Å².